The van der Waals surface area contributed by atoms with E-state index in [-0.39, 0.29) is 23.8 Å². The van der Waals surface area contributed by atoms with Crippen molar-refractivity contribution in [2.45, 2.75) is 12.6 Å². The Hall–Kier alpha value is -4.48. The van der Waals surface area contributed by atoms with Crippen molar-refractivity contribution in [2.24, 2.45) is 0 Å². The van der Waals surface area contributed by atoms with Crippen molar-refractivity contribution >= 4 is 29.0 Å². The van der Waals surface area contributed by atoms with Crippen LogP contribution in [-0.4, -0.2) is 43.2 Å². The van der Waals surface area contributed by atoms with Crippen LogP contribution in [0.15, 0.2) is 54.7 Å². The molecule has 0 atom stereocenters. The lowest BCUT2D eigenvalue weighted by molar-refractivity contribution is -0.137. The number of amides is 1. The van der Waals surface area contributed by atoms with Gasteiger partial charge in [-0.3, -0.25) is 4.79 Å². The SMILES string of the molecule is CNC(=O)c1cc2ccc1Nc1nc(ncc1C(F)(F)F)Nc1ccc(c(OC)c1)OC/C=C\CCO2. The van der Waals surface area contributed by atoms with E-state index >= 15 is 0 Å². The number of nitrogens with one attached hydrogen (secondary N) is 3. The van der Waals surface area contributed by atoms with Crippen LogP contribution in [-0.2, 0) is 6.18 Å². The van der Waals surface area contributed by atoms with Crippen molar-refractivity contribution in [1.29, 1.82) is 0 Å². The Morgan fingerprint density at radius 1 is 1.11 bits per heavy atom. The van der Waals surface area contributed by atoms with E-state index in [0.717, 1.165) is 0 Å². The lowest BCUT2D eigenvalue weighted by Gasteiger charge is -2.17. The van der Waals surface area contributed by atoms with Gasteiger partial charge in [0.05, 0.1) is 25.0 Å². The van der Waals surface area contributed by atoms with E-state index in [9.17, 15) is 18.0 Å². The largest absolute Gasteiger partial charge is 0.493 e. The molecule has 0 saturated carbocycles. The predicted molar refractivity (Wildman–Crippen MR) is 131 cm³/mol. The van der Waals surface area contributed by atoms with E-state index in [4.69, 9.17) is 14.2 Å². The normalized spacial score (nSPS) is 14.4. The van der Waals surface area contributed by atoms with Crippen molar-refractivity contribution < 1.29 is 32.2 Å². The maximum atomic E-state index is 13.8. The minimum atomic E-state index is -4.75. The number of hydrogen-bond donors (Lipinski definition) is 3. The van der Waals surface area contributed by atoms with Gasteiger partial charge in [-0.1, -0.05) is 12.2 Å². The van der Waals surface area contributed by atoms with Crippen LogP contribution in [0, 0.1) is 0 Å². The Kier molecular flexibility index (Phi) is 7.66. The van der Waals surface area contributed by atoms with Gasteiger partial charge in [0.2, 0.25) is 5.95 Å². The van der Waals surface area contributed by atoms with Gasteiger partial charge in [0, 0.05) is 25.0 Å². The quantitative estimate of drug-likeness (QED) is 0.407. The van der Waals surface area contributed by atoms with Crippen LogP contribution in [0.25, 0.3) is 0 Å². The lowest BCUT2D eigenvalue weighted by atomic mass is 10.1. The molecule has 7 rings (SSSR count). The van der Waals surface area contributed by atoms with Crippen molar-refractivity contribution in [2.75, 3.05) is 38.0 Å². The number of ether oxygens (including phenoxy) is 3. The fraction of sp³-hybridized carbons (Fsp3) is 0.240. The number of alkyl halides is 3. The van der Waals surface area contributed by atoms with Crippen LogP contribution in [0.1, 0.15) is 22.3 Å². The second-order valence-corrected chi connectivity index (χ2v) is 7.78. The molecule has 4 aliphatic rings. The lowest BCUT2D eigenvalue weighted by Crippen LogP contribution is -2.20. The minimum absolute atomic E-state index is 0.0833. The average molecular weight is 515 g/mol. The fourth-order valence-corrected chi connectivity index (χ4v) is 3.48. The third-order valence-corrected chi connectivity index (χ3v) is 5.28. The first-order valence-corrected chi connectivity index (χ1v) is 11.2. The molecule has 12 heteroatoms. The maximum absolute atomic E-state index is 13.8. The molecule has 1 aromatic heterocycles. The summed E-state index contributed by atoms with van der Waals surface area (Å²) in [5.74, 6) is 0.130. The first-order valence-electron chi connectivity index (χ1n) is 11.2. The molecule has 0 saturated heterocycles. The first kappa shape index (κ1) is 25.6. The van der Waals surface area contributed by atoms with Crippen molar-refractivity contribution in [3.05, 3.63) is 65.9 Å². The number of carbonyl (C=O) groups is 1. The van der Waals surface area contributed by atoms with E-state index in [1.165, 1.54) is 26.3 Å². The molecule has 6 bridgehead atoms. The summed E-state index contributed by atoms with van der Waals surface area (Å²) in [5, 5.41) is 8.01. The zero-order valence-electron chi connectivity index (χ0n) is 20.0. The summed E-state index contributed by atoms with van der Waals surface area (Å²) in [6.07, 6.45) is 0.215. The standard InChI is InChI=1S/C25H24F3N5O4/c1-29-23(34)17-13-16-7-8-19(17)32-22-18(25(26,27)28)14-30-24(33-22)31-15-6-9-20(21(12-15)35-2)37-11-5-3-4-10-36-16/h3,5-9,12-14H,4,10-11H2,1-2H3,(H,29,34)(H2,30,31,32,33)/b5-3-. The summed E-state index contributed by atoms with van der Waals surface area (Å²) in [6.45, 7) is 0.601. The van der Waals surface area contributed by atoms with Gasteiger partial charge in [0.1, 0.15) is 23.7 Å². The Morgan fingerprint density at radius 3 is 2.70 bits per heavy atom. The van der Waals surface area contributed by atoms with Crippen molar-refractivity contribution in [3.8, 4) is 17.2 Å². The summed E-state index contributed by atoms with van der Waals surface area (Å²) in [7, 11) is 2.90. The molecule has 3 aromatic rings. The second kappa shape index (κ2) is 11.1. The van der Waals surface area contributed by atoms with Crippen LogP contribution in [0.3, 0.4) is 0 Å². The molecule has 1 amide bonds. The highest BCUT2D eigenvalue weighted by atomic mass is 19.4. The number of benzene rings is 2. The summed E-state index contributed by atoms with van der Waals surface area (Å²) < 4.78 is 58.2. The molecule has 2 aromatic carbocycles. The molecule has 0 unspecified atom stereocenters. The van der Waals surface area contributed by atoms with E-state index in [2.05, 4.69) is 25.9 Å². The highest BCUT2D eigenvalue weighted by molar-refractivity contribution is 6.00. The van der Waals surface area contributed by atoms with Gasteiger partial charge in [-0.05, 0) is 36.8 Å². The van der Waals surface area contributed by atoms with Crippen LogP contribution >= 0.6 is 0 Å². The van der Waals surface area contributed by atoms with E-state index < -0.39 is 23.5 Å². The zero-order chi connectivity index (χ0) is 26.4. The number of halogens is 3. The van der Waals surface area contributed by atoms with Gasteiger partial charge in [-0.15, -0.1) is 0 Å². The second-order valence-electron chi connectivity index (χ2n) is 7.78. The molecular formula is C25H24F3N5O4. The van der Waals surface area contributed by atoms with Gasteiger partial charge in [-0.25, -0.2) is 4.98 Å². The number of methoxy groups -OCH3 is 1. The van der Waals surface area contributed by atoms with E-state index in [1.807, 2.05) is 12.2 Å². The van der Waals surface area contributed by atoms with E-state index in [0.29, 0.717) is 42.2 Å². The average Bonchev–Trinajstić information content (AvgIpc) is 2.87. The van der Waals surface area contributed by atoms with Gasteiger partial charge < -0.3 is 30.2 Å². The van der Waals surface area contributed by atoms with Crippen molar-refractivity contribution in [3.63, 3.8) is 0 Å². The predicted octanol–water partition coefficient (Wildman–Crippen LogP) is 5.07. The molecule has 194 valence electrons. The van der Waals surface area contributed by atoms with Crippen LogP contribution < -0.4 is 30.2 Å². The molecule has 37 heavy (non-hydrogen) atoms. The molecule has 0 spiro atoms. The molecule has 4 aliphatic heterocycles. The first-order chi connectivity index (χ1) is 17.8. The van der Waals surface area contributed by atoms with Crippen LogP contribution in [0.4, 0.5) is 36.3 Å². The third kappa shape index (κ3) is 6.21. The van der Waals surface area contributed by atoms with Gasteiger partial charge >= 0.3 is 6.18 Å². The number of hydrogen-bond acceptors (Lipinski definition) is 8. The van der Waals surface area contributed by atoms with Gasteiger partial charge in [-0.2, -0.15) is 18.2 Å². The Bertz CT molecular complexity index is 1310. The van der Waals surface area contributed by atoms with Crippen molar-refractivity contribution in [1.82, 2.24) is 15.3 Å². The summed E-state index contributed by atoms with van der Waals surface area (Å²) >= 11 is 0. The Labute approximate surface area is 210 Å². The number of anilines is 4. The molecule has 3 N–H and O–H groups in total. The molecule has 5 heterocycles. The highest BCUT2D eigenvalue weighted by Crippen LogP contribution is 2.37. The van der Waals surface area contributed by atoms with Gasteiger partial charge in [0.15, 0.2) is 11.5 Å². The molecular weight excluding hydrogens is 491 g/mol. The molecule has 9 nitrogen and oxygen atoms in total. The minimum Gasteiger partial charge on any atom is -0.493 e. The number of aromatic nitrogens is 2. The number of nitrogens with zero attached hydrogens (tertiary/aromatic N) is 2. The van der Waals surface area contributed by atoms with Gasteiger partial charge in [0.25, 0.3) is 5.91 Å². The smallest absolute Gasteiger partial charge is 0.421 e. The Balaban J connectivity index is 1.80. The third-order valence-electron chi connectivity index (χ3n) is 5.28. The highest BCUT2D eigenvalue weighted by Gasteiger charge is 2.35. The Morgan fingerprint density at radius 2 is 1.95 bits per heavy atom. The molecule has 0 aliphatic carbocycles. The number of carbonyl (C=O) groups excluding carboxylic acids is 1. The monoisotopic (exact) mass is 515 g/mol. The summed E-state index contributed by atoms with van der Waals surface area (Å²) in [5.41, 5.74) is -0.442. The number of rotatable bonds is 2. The molecule has 0 radical (unpaired) electrons. The summed E-state index contributed by atoms with van der Waals surface area (Å²) in [4.78, 5) is 20.4. The maximum Gasteiger partial charge on any atom is 0.421 e. The van der Waals surface area contributed by atoms with E-state index in [1.54, 1.807) is 24.3 Å². The topological polar surface area (TPSA) is 107 Å². The summed E-state index contributed by atoms with van der Waals surface area (Å²) in [6, 6.07) is 9.40. The van der Waals surface area contributed by atoms with Crippen LogP contribution in [0.5, 0.6) is 17.2 Å². The molecule has 0 fully saturated rings. The van der Waals surface area contributed by atoms with Crippen LogP contribution in [0.2, 0.25) is 0 Å². The zero-order valence-corrected chi connectivity index (χ0v) is 20.0. The fourth-order valence-electron chi connectivity index (χ4n) is 3.48.